The maximum atomic E-state index is 12.7. The van der Waals surface area contributed by atoms with Crippen LogP contribution >= 0.6 is 0 Å². The molecule has 1 aliphatic heterocycles. The number of hydrogen-bond acceptors (Lipinski definition) is 12. The van der Waals surface area contributed by atoms with Gasteiger partial charge < -0.3 is 23.7 Å². The third kappa shape index (κ3) is 6.34. The molecular formula is C23H29N3O10. The van der Waals surface area contributed by atoms with Crippen LogP contribution in [0.5, 0.6) is 0 Å². The number of esters is 5. The first-order valence-corrected chi connectivity index (χ1v) is 11.1. The van der Waals surface area contributed by atoms with Gasteiger partial charge in [0, 0.05) is 24.2 Å². The predicted molar refractivity (Wildman–Crippen MR) is 121 cm³/mol. The van der Waals surface area contributed by atoms with E-state index in [1.54, 1.807) is 11.9 Å². The minimum Gasteiger partial charge on any atom is -0.468 e. The Morgan fingerprint density at radius 1 is 0.806 bits per heavy atom. The summed E-state index contributed by atoms with van der Waals surface area (Å²) in [6.07, 6.45) is 1.75. The van der Waals surface area contributed by atoms with E-state index in [0.29, 0.717) is 13.1 Å². The summed E-state index contributed by atoms with van der Waals surface area (Å²) in [6, 6.07) is 2.37. The number of methoxy groups -OCH3 is 4. The number of carbonyl (C=O) groups is 5. The van der Waals surface area contributed by atoms with Crippen LogP contribution in [0.3, 0.4) is 0 Å². The van der Waals surface area contributed by atoms with Crippen LogP contribution < -0.4 is 0 Å². The Hall–Kier alpha value is -4.03. The van der Waals surface area contributed by atoms with Crippen molar-refractivity contribution in [3.05, 3.63) is 28.8 Å². The Labute approximate surface area is 207 Å². The zero-order valence-corrected chi connectivity index (χ0v) is 20.8. The fourth-order valence-electron chi connectivity index (χ4n) is 3.64. The first-order valence-electron chi connectivity index (χ1n) is 11.1. The molecule has 0 spiro atoms. The van der Waals surface area contributed by atoms with Crippen molar-refractivity contribution in [3.63, 3.8) is 0 Å². The molecule has 13 heteroatoms. The lowest BCUT2D eigenvalue weighted by atomic mass is 9.87. The highest BCUT2D eigenvalue weighted by Crippen LogP contribution is 2.39. The molecule has 1 aliphatic rings. The van der Waals surface area contributed by atoms with Gasteiger partial charge in [-0.25, -0.2) is 4.79 Å². The number of benzene rings is 1. The van der Waals surface area contributed by atoms with Crippen LogP contribution in [-0.4, -0.2) is 83.0 Å². The lowest BCUT2D eigenvalue weighted by molar-refractivity contribution is -0.155. The molecule has 0 aromatic heterocycles. The number of nitrogens with zero attached hydrogens (tertiary/aromatic N) is 3. The first kappa shape index (κ1) is 28.2. The molecule has 1 saturated heterocycles. The van der Waals surface area contributed by atoms with Crippen molar-refractivity contribution < 1.29 is 47.7 Å². The third-order valence-electron chi connectivity index (χ3n) is 5.40. The Bertz CT molecular complexity index is 944. The quantitative estimate of drug-likeness (QED) is 0.197. The van der Waals surface area contributed by atoms with E-state index in [-0.39, 0.29) is 29.0 Å². The van der Waals surface area contributed by atoms with E-state index in [2.05, 4.69) is 10.3 Å². The molecular weight excluding hydrogens is 478 g/mol. The highest BCUT2D eigenvalue weighted by Gasteiger charge is 2.40. The van der Waals surface area contributed by atoms with E-state index < -0.39 is 41.7 Å². The lowest BCUT2D eigenvalue weighted by Gasteiger charge is -2.21. The average Bonchev–Trinajstić information content (AvgIpc) is 3.41. The van der Waals surface area contributed by atoms with E-state index in [1.165, 1.54) is 12.1 Å². The van der Waals surface area contributed by atoms with Gasteiger partial charge in [0.1, 0.15) is 0 Å². The fraction of sp³-hybridized carbons (Fsp3) is 0.522. The van der Waals surface area contributed by atoms with Crippen molar-refractivity contribution in [1.82, 2.24) is 5.01 Å². The van der Waals surface area contributed by atoms with Crippen LogP contribution in [0.1, 0.15) is 53.1 Å². The van der Waals surface area contributed by atoms with Gasteiger partial charge in [0.05, 0.1) is 46.3 Å². The summed E-state index contributed by atoms with van der Waals surface area (Å²) in [6.45, 7) is 2.79. The second kappa shape index (κ2) is 13.2. The molecule has 1 heterocycles. The summed E-state index contributed by atoms with van der Waals surface area (Å²) in [5.74, 6) is -8.41. The van der Waals surface area contributed by atoms with Crippen molar-refractivity contribution in [2.45, 2.75) is 31.6 Å². The molecule has 0 aliphatic carbocycles. The molecule has 1 aromatic carbocycles. The minimum absolute atomic E-state index is 0.00871. The monoisotopic (exact) mass is 507 g/mol. The van der Waals surface area contributed by atoms with Crippen molar-refractivity contribution in [3.8, 4) is 0 Å². The van der Waals surface area contributed by atoms with Gasteiger partial charge in [-0.1, -0.05) is 5.22 Å². The van der Waals surface area contributed by atoms with Gasteiger partial charge in [0.15, 0.2) is 11.8 Å². The van der Waals surface area contributed by atoms with Crippen molar-refractivity contribution in [1.29, 1.82) is 0 Å². The molecule has 0 bridgehead atoms. The van der Waals surface area contributed by atoms with E-state index in [0.717, 1.165) is 41.3 Å². The Kier molecular flexibility index (Phi) is 10.3. The van der Waals surface area contributed by atoms with E-state index in [1.807, 2.05) is 0 Å². The first-order chi connectivity index (χ1) is 17.2. The van der Waals surface area contributed by atoms with E-state index in [4.69, 9.17) is 23.7 Å². The Morgan fingerprint density at radius 3 is 1.58 bits per heavy atom. The molecule has 0 atom stereocenters. The second-order valence-corrected chi connectivity index (χ2v) is 7.53. The van der Waals surface area contributed by atoms with Gasteiger partial charge in [-0.15, -0.1) is 5.11 Å². The van der Waals surface area contributed by atoms with Crippen LogP contribution in [0.25, 0.3) is 0 Å². The average molecular weight is 507 g/mol. The Balaban J connectivity index is 2.96. The molecule has 0 saturated carbocycles. The lowest BCUT2D eigenvalue weighted by Crippen LogP contribution is -2.28. The molecule has 0 amide bonds. The SMILES string of the molecule is CCOC(=O)c1cc(C(C(=O)OC)C(=O)OC)c(N=NN2CCCC2)c(C(C(=O)OC)C(=O)OC)c1. The molecule has 1 fully saturated rings. The summed E-state index contributed by atoms with van der Waals surface area (Å²) < 4.78 is 24.2. The molecule has 1 aromatic rings. The molecule has 0 N–H and O–H groups in total. The molecule has 196 valence electrons. The van der Waals surface area contributed by atoms with Crippen LogP contribution in [0.2, 0.25) is 0 Å². The Morgan fingerprint density at radius 2 is 1.22 bits per heavy atom. The van der Waals surface area contributed by atoms with Gasteiger partial charge in [0.2, 0.25) is 0 Å². The fourth-order valence-corrected chi connectivity index (χ4v) is 3.64. The van der Waals surface area contributed by atoms with Gasteiger partial charge in [0.25, 0.3) is 0 Å². The number of hydrogen-bond donors (Lipinski definition) is 0. The van der Waals surface area contributed by atoms with Crippen molar-refractivity contribution in [2.24, 2.45) is 10.3 Å². The topological polar surface area (TPSA) is 159 Å². The van der Waals surface area contributed by atoms with Crippen LogP contribution in [0, 0.1) is 0 Å². The number of rotatable bonds is 10. The van der Waals surface area contributed by atoms with Crippen LogP contribution in [0.4, 0.5) is 5.69 Å². The third-order valence-corrected chi connectivity index (χ3v) is 5.40. The molecule has 36 heavy (non-hydrogen) atoms. The standard InChI is InChI=1S/C23H29N3O10/c1-6-36-19(27)13-11-14(16(20(28)32-2)21(29)33-3)18(24-25-26-9-7-8-10-26)15(12-13)17(22(30)34-4)23(31)35-5/h11-12,16-17H,6-10H2,1-5H3. The zero-order valence-electron chi connectivity index (χ0n) is 20.8. The molecule has 0 radical (unpaired) electrons. The molecule has 2 rings (SSSR count). The normalized spacial score (nSPS) is 13.1. The molecule has 0 unspecified atom stereocenters. The molecule has 13 nitrogen and oxygen atoms in total. The van der Waals surface area contributed by atoms with Gasteiger partial charge >= 0.3 is 29.8 Å². The van der Waals surface area contributed by atoms with Crippen molar-refractivity contribution in [2.75, 3.05) is 48.1 Å². The maximum absolute atomic E-state index is 12.7. The van der Waals surface area contributed by atoms with Crippen LogP contribution in [0.15, 0.2) is 22.5 Å². The maximum Gasteiger partial charge on any atom is 0.338 e. The minimum atomic E-state index is -1.73. The summed E-state index contributed by atoms with van der Waals surface area (Å²) in [4.78, 5) is 63.4. The van der Waals surface area contributed by atoms with Crippen molar-refractivity contribution >= 4 is 35.5 Å². The summed E-state index contributed by atoms with van der Waals surface area (Å²) in [5, 5.41) is 10.0. The highest BCUT2D eigenvalue weighted by atomic mass is 16.6. The van der Waals surface area contributed by atoms with Gasteiger partial charge in [-0.2, -0.15) is 0 Å². The largest absolute Gasteiger partial charge is 0.468 e. The van der Waals surface area contributed by atoms with Gasteiger partial charge in [-0.3, -0.25) is 24.2 Å². The van der Waals surface area contributed by atoms with E-state index >= 15 is 0 Å². The van der Waals surface area contributed by atoms with Crippen LogP contribution in [-0.2, 0) is 42.9 Å². The summed E-state index contributed by atoms with van der Waals surface area (Å²) in [7, 11) is 4.24. The number of ether oxygens (including phenoxy) is 5. The zero-order chi connectivity index (χ0) is 26.8. The number of carbonyl (C=O) groups excluding carboxylic acids is 5. The summed E-state index contributed by atoms with van der Waals surface area (Å²) >= 11 is 0. The second-order valence-electron chi connectivity index (χ2n) is 7.53. The van der Waals surface area contributed by atoms with E-state index in [9.17, 15) is 24.0 Å². The summed E-state index contributed by atoms with van der Waals surface area (Å²) in [5.41, 5.74) is -0.737. The highest BCUT2D eigenvalue weighted by molar-refractivity contribution is 6.06. The smallest absolute Gasteiger partial charge is 0.338 e. The van der Waals surface area contributed by atoms with Gasteiger partial charge in [-0.05, 0) is 31.9 Å². The predicted octanol–water partition coefficient (Wildman–Crippen LogP) is 1.82.